The van der Waals surface area contributed by atoms with Gasteiger partial charge < -0.3 is 10.0 Å². The molecule has 25 heavy (non-hydrogen) atoms. The third-order valence-corrected chi connectivity index (χ3v) is 4.54. The summed E-state index contributed by atoms with van der Waals surface area (Å²) in [5, 5.41) is 9.32. The molecule has 5 nitrogen and oxygen atoms in total. The number of benzene rings is 1. The summed E-state index contributed by atoms with van der Waals surface area (Å²) >= 11 is 0. The molecule has 0 spiro atoms. The second kappa shape index (κ2) is 6.63. The summed E-state index contributed by atoms with van der Waals surface area (Å²) in [6.45, 7) is 4.49. The van der Waals surface area contributed by atoms with Crippen molar-refractivity contribution in [2.75, 3.05) is 6.54 Å². The first-order valence-electron chi connectivity index (χ1n) is 8.17. The maximum absolute atomic E-state index is 14.0. The topological polar surface area (TPSA) is 70.5 Å². The Morgan fingerprint density at radius 1 is 1.20 bits per heavy atom. The third-order valence-electron chi connectivity index (χ3n) is 4.54. The Hall–Kier alpha value is -2.76. The Kier molecular flexibility index (Phi) is 4.53. The molecule has 1 aromatic heterocycles. The van der Waals surface area contributed by atoms with Crippen LogP contribution >= 0.6 is 0 Å². The highest BCUT2D eigenvalue weighted by molar-refractivity contribution is 5.93. The number of carbonyl (C=O) groups is 2. The number of halogens is 1. The van der Waals surface area contributed by atoms with Gasteiger partial charge in [-0.2, -0.15) is 0 Å². The first kappa shape index (κ1) is 17.1. The maximum Gasteiger partial charge on any atom is 0.336 e. The van der Waals surface area contributed by atoms with Crippen LogP contribution in [0.15, 0.2) is 30.5 Å². The number of aromatic carboxylic acids is 1. The lowest BCUT2D eigenvalue weighted by Crippen LogP contribution is -2.37. The highest BCUT2D eigenvalue weighted by Crippen LogP contribution is 2.26. The van der Waals surface area contributed by atoms with Gasteiger partial charge in [0.2, 0.25) is 0 Å². The summed E-state index contributed by atoms with van der Waals surface area (Å²) in [5.74, 6) is -1.50. The van der Waals surface area contributed by atoms with Crippen molar-refractivity contribution in [1.82, 2.24) is 9.88 Å². The first-order chi connectivity index (χ1) is 11.9. The fraction of sp³-hybridized carbons (Fsp3) is 0.316. The van der Waals surface area contributed by atoms with E-state index in [1.54, 1.807) is 12.3 Å². The first-order valence-corrected chi connectivity index (χ1v) is 8.17. The van der Waals surface area contributed by atoms with Crippen molar-refractivity contribution in [3.8, 4) is 0 Å². The molecule has 3 rings (SSSR count). The molecule has 1 aromatic carbocycles. The Bertz CT molecular complexity index is 831. The Morgan fingerprint density at radius 2 is 1.96 bits per heavy atom. The number of carboxylic acid groups (broad SMARTS) is 1. The zero-order valence-corrected chi connectivity index (χ0v) is 14.1. The second-order valence-corrected chi connectivity index (χ2v) is 6.47. The number of nitrogens with zero attached hydrogens (tertiary/aromatic N) is 2. The highest BCUT2D eigenvalue weighted by Gasteiger charge is 2.28. The van der Waals surface area contributed by atoms with Crippen LogP contribution in [0.3, 0.4) is 0 Å². The molecule has 0 aliphatic carbocycles. The minimum absolute atomic E-state index is 0.0389. The summed E-state index contributed by atoms with van der Waals surface area (Å²) in [4.78, 5) is 29.8. The van der Waals surface area contributed by atoms with Crippen LogP contribution in [-0.2, 0) is 13.0 Å². The summed E-state index contributed by atoms with van der Waals surface area (Å²) in [5.41, 5.74) is 2.13. The second-order valence-electron chi connectivity index (χ2n) is 6.47. The smallest absolute Gasteiger partial charge is 0.336 e. The Balaban J connectivity index is 1.88. The number of carboxylic acids is 1. The van der Waals surface area contributed by atoms with E-state index in [9.17, 15) is 19.1 Å². The quantitative estimate of drug-likeness (QED) is 0.929. The van der Waals surface area contributed by atoms with E-state index < -0.39 is 11.8 Å². The largest absolute Gasteiger partial charge is 0.478 e. The van der Waals surface area contributed by atoms with E-state index >= 15 is 0 Å². The van der Waals surface area contributed by atoms with Crippen LogP contribution in [0.2, 0.25) is 0 Å². The molecule has 1 amide bonds. The van der Waals surface area contributed by atoms with Gasteiger partial charge in [-0.1, -0.05) is 19.9 Å². The normalized spacial score (nSPS) is 13.7. The number of hydrogen-bond donors (Lipinski definition) is 1. The van der Waals surface area contributed by atoms with Gasteiger partial charge in [-0.15, -0.1) is 0 Å². The monoisotopic (exact) mass is 342 g/mol. The van der Waals surface area contributed by atoms with Crippen LogP contribution in [-0.4, -0.2) is 33.4 Å². The van der Waals surface area contributed by atoms with Crippen LogP contribution in [0.5, 0.6) is 0 Å². The van der Waals surface area contributed by atoms with Crippen molar-refractivity contribution < 1.29 is 19.1 Å². The molecule has 6 heteroatoms. The molecule has 2 aromatic rings. The number of carbonyl (C=O) groups excluding carboxylic acids is 1. The van der Waals surface area contributed by atoms with E-state index in [2.05, 4.69) is 4.98 Å². The molecule has 0 atom stereocenters. The van der Waals surface area contributed by atoms with Crippen LogP contribution in [0.1, 0.15) is 57.3 Å². The zero-order valence-electron chi connectivity index (χ0n) is 14.1. The maximum atomic E-state index is 14.0. The molecular formula is C19H19FN2O3. The predicted molar refractivity (Wildman–Crippen MR) is 90.1 cm³/mol. The molecule has 1 aliphatic heterocycles. The lowest BCUT2D eigenvalue weighted by atomic mass is 9.94. The average Bonchev–Trinajstić information content (AvgIpc) is 2.61. The van der Waals surface area contributed by atoms with E-state index in [0.29, 0.717) is 29.3 Å². The van der Waals surface area contributed by atoms with Gasteiger partial charge >= 0.3 is 5.97 Å². The molecule has 130 valence electrons. The fourth-order valence-electron chi connectivity index (χ4n) is 3.04. The molecule has 2 heterocycles. The minimum Gasteiger partial charge on any atom is -0.478 e. The lowest BCUT2D eigenvalue weighted by Gasteiger charge is -2.29. The highest BCUT2D eigenvalue weighted by atomic mass is 19.1. The van der Waals surface area contributed by atoms with Crippen molar-refractivity contribution in [1.29, 1.82) is 0 Å². The SMILES string of the molecule is CC(C)c1ccc(C(=O)N2CCc3c(F)ccc(C(=O)O)c3C2)nc1. The molecule has 0 bridgehead atoms. The van der Waals surface area contributed by atoms with Gasteiger partial charge in [0, 0.05) is 19.3 Å². The summed E-state index contributed by atoms with van der Waals surface area (Å²) in [6.07, 6.45) is 1.97. The van der Waals surface area contributed by atoms with Crippen LogP contribution in [0.4, 0.5) is 4.39 Å². The summed E-state index contributed by atoms with van der Waals surface area (Å²) < 4.78 is 14.0. The van der Waals surface area contributed by atoms with Crippen molar-refractivity contribution in [2.45, 2.75) is 32.7 Å². The van der Waals surface area contributed by atoms with E-state index in [-0.39, 0.29) is 24.4 Å². The van der Waals surface area contributed by atoms with Crippen molar-refractivity contribution in [2.24, 2.45) is 0 Å². The van der Waals surface area contributed by atoms with Gasteiger partial charge in [-0.05, 0) is 47.2 Å². The standard InChI is InChI=1S/C19H19FN2O3/c1-11(2)12-3-6-17(21-9-12)18(23)22-8-7-13-15(10-22)14(19(24)25)4-5-16(13)20/h3-6,9,11H,7-8,10H2,1-2H3,(H,24,25). The molecule has 1 N–H and O–H groups in total. The number of fused-ring (bicyclic) bond motifs is 1. The van der Waals surface area contributed by atoms with E-state index in [4.69, 9.17) is 0 Å². The molecule has 0 fully saturated rings. The summed E-state index contributed by atoms with van der Waals surface area (Å²) in [7, 11) is 0. The predicted octanol–water partition coefficient (Wildman–Crippen LogP) is 3.24. The van der Waals surface area contributed by atoms with Crippen LogP contribution < -0.4 is 0 Å². The van der Waals surface area contributed by atoms with E-state index in [1.165, 1.54) is 17.0 Å². The number of amides is 1. The van der Waals surface area contributed by atoms with Gasteiger partial charge in [-0.3, -0.25) is 9.78 Å². The Morgan fingerprint density at radius 3 is 2.56 bits per heavy atom. The number of rotatable bonds is 3. The fourth-order valence-corrected chi connectivity index (χ4v) is 3.04. The van der Waals surface area contributed by atoms with E-state index in [1.807, 2.05) is 19.9 Å². The lowest BCUT2D eigenvalue weighted by molar-refractivity contribution is 0.0675. The van der Waals surface area contributed by atoms with Gasteiger partial charge in [0.25, 0.3) is 5.91 Å². The van der Waals surface area contributed by atoms with Gasteiger partial charge in [-0.25, -0.2) is 9.18 Å². The molecular weight excluding hydrogens is 323 g/mol. The zero-order chi connectivity index (χ0) is 18.1. The molecule has 0 saturated carbocycles. The number of hydrogen-bond acceptors (Lipinski definition) is 3. The van der Waals surface area contributed by atoms with Crippen molar-refractivity contribution in [3.63, 3.8) is 0 Å². The van der Waals surface area contributed by atoms with Gasteiger partial charge in [0.1, 0.15) is 11.5 Å². The van der Waals surface area contributed by atoms with E-state index in [0.717, 1.165) is 5.56 Å². The molecule has 0 unspecified atom stereocenters. The minimum atomic E-state index is -1.12. The average molecular weight is 342 g/mol. The van der Waals surface area contributed by atoms with Crippen molar-refractivity contribution >= 4 is 11.9 Å². The van der Waals surface area contributed by atoms with Gasteiger partial charge in [0.05, 0.1) is 5.56 Å². The van der Waals surface area contributed by atoms with Crippen molar-refractivity contribution in [3.05, 3.63) is 64.2 Å². The number of pyridine rings is 1. The van der Waals surface area contributed by atoms with Crippen LogP contribution in [0.25, 0.3) is 0 Å². The third kappa shape index (κ3) is 3.24. The number of aromatic nitrogens is 1. The molecule has 1 aliphatic rings. The molecule has 0 saturated heterocycles. The molecule has 0 radical (unpaired) electrons. The van der Waals surface area contributed by atoms with Gasteiger partial charge in [0.15, 0.2) is 0 Å². The Labute approximate surface area is 145 Å². The van der Waals surface area contributed by atoms with Crippen LogP contribution in [0, 0.1) is 5.82 Å². The summed E-state index contributed by atoms with van der Waals surface area (Å²) in [6, 6.07) is 5.97.